The highest BCUT2D eigenvalue weighted by molar-refractivity contribution is 5.67. The van der Waals surface area contributed by atoms with E-state index in [4.69, 9.17) is 4.74 Å². The Kier molecular flexibility index (Phi) is 7.52. The van der Waals surface area contributed by atoms with Gasteiger partial charge in [0, 0.05) is 32.6 Å². The van der Waals surface area contributed by atoms with Gasteiger partial charge in [0.2, 0.25) is 5.82 Å². The average molecular weight is 394 g/mol. The Hall–Kier alpha value is -2.23. The highest BCUT2D eigenvalue weighted by atomic mass is 19.2. The molecular formula is C17H19F5N2O3. The molecule has 0 unspecified atom stereocenters. The summed E-state index contributed by atoms with van der Waals surface area (Å²) in [6.07, 6.45) is 2.11. The van der Waals surface area contributed by atoms with E-state index in [0.29, 0.717) is 32.6 Å². The van der Waals surface area contributed by atoms with Crippen molar-refractivity contribution in [2.24, 2.45) is 0 Å². The highest BCUT2D eigenvalue weighted by Crippen LogP contribution is 2.23. The Labute approximate surface area is 152 Å². The minimum Gasteiger partial charge on any atom is -0.444 e. The molecule has 0 N–H and O–H groups in total. The van der Waals surface area contributed by atoms with E-state index < -0.39 is 47.3 Å². The van der Waals surface area contributed by atoms with Crippen LogP contribution in [0, 0.1) is 29.1 Å². The Morgan fingerprint density at radius 2 is 1.44 bits per heavy atom. The smallest absolute Gasteiger partial charge is 0.410 e. The summed E-state index contributed by atoms with van der Waals surface area (Å²) in [5, 5.41) is 0. The molecule has 1 heterocycles. The molecule has 0 aromatic heterocycles. The number of aldehydes is 1. The number of nitrogens with zero attached hydrogens (tertiary/aromatic N) is 2. The SMILES string of the molecule is O=CCCCCN1CCN(C(=O)OCc2c(F)c(F)c(F)c(F)c2F)CC1. The lowest BCUT2D eigenvalue weighted by atomic mass is 10.2. The monoisotopic (exact) mass is 394 g/mol. The zero-order chi connectivity index (χ0) is 20.0. The minimum atomic E-state index is -2.26. The van der Waals surface area contributed by atoms with Gasteiger partial charge in [-0.3, -0.25) is 4.90 Å². The third kappa shape index (κ3) is 5.15. The maximum absolute atomic E-state index is 13.6. The zero-order valence-electron chi connectivity index (χ0n) is 14.5. The van der Waals surface area contributed by atoms with Crippen LogP contribution in [0.3, 0.4) is 0 Å². The summed E-state index contributed by atoms with van der Waals surface area (Å²) >= 11 is 0. The van der Waals surface area contributed by atoms with E-state index in [1.807, 2.05) is 0 Å². The number of ether oxygens (including phenoxy) is 1. The Morgan fingerprint density at radius 3 is 2.00 bits per heavy atom. The Balaban J connectivity index is 1.85. The Morgan fingerprint density at radius 1 is 0.889 bits per heavy atom. The van der Waals surface area contributed by atoms with Crippen LogP contribution in [-0.2, 0) is 16.1 Å². The van der Waals surface area contributed by atoms with Gasteiger partial charge in [0.15, 0.2) is 23.3 Å². The van der Waals surface area contributed by atoms with Crippen molar-refractivity contribution in [2.75, 3.05) is 32.7 Å². The van der Waals surface area contributed by atoms with Crippen LogP contribution in [-0.4, -0.2) is 54.9 Å². The molecule has 5 nitrogen and oxygen atoms in total. The van der Waals surface area contributed by atoms with Crippen LogP contribution in [0.5, 0.6) is 0 Å². The van der Waals surface area contributed by atoms with E-state index in [1.165, 1.54) is 4.90 Å². The molecule has 1 aliphatic rings. The van der Waals surface area contributed by atoms with Crippen LogP contribution in [0.15, 0.2) is 0 Å². The quantitative estimate of drug-likeness (QED) is 0.235. The molecule has 0 radical (unpaired) electrons. The van der Waals surface area contributed by atoms with Crippen molar-refractivity contribution in [3.63, 3.8) is 0 Å². The largest absolute Gasteiger partial charge is 0.444 e. The lowest BCUT2D eigenvalue weighted by molar-refractivity contribution is -0.107. The summed E-state index contributed by atoms with van der Waals surface area (Å²) < 4.78 is 71.1. The second kappa shape index (κ2) is 9.63. The van der Waals surface area contributed by atoms with Crippen LogP contribution in [0.2, 0.25) is 0 Å². The molecule has 27 heavy (non-hydrogen) atoms. The summed E-state index contributed by atoms with van der Waals surface area (Å²) in [5.74, 6) is -10.4. The first-order valence-electron chi connectivity index (χ1n) is 8.44. The predicted molar refractivity (Wildman–Crippen MR) is 84.3 cm³/mol. The average Bonchev–Trinajstić information content (AvgIpc) is 2.68. The van der Waals surface area contributed by atoms with Gasteiger partial charge < -0.3 is 14.4 Å². The number of rotatable bonds is 7. The first-order valence-corrected chi connectivity index (χ1v) is 8.44. The van der Waals surface area contributed by atoms with Crippen molar-refractivity contribution < 1.29 is 36.3 Å². The molecule has 1 aromatic carbocycles. The van der Waals surface area contributed by atoms with Gasteiger partial charge >= 0.3 is 6.09 Å². The molecule has 1 fully saturated rings. The molecule has 2 rings (SSSR count). The number of hydrogen-bond donors (Lipinski definition) is 0. The molecule has 150 valence electrons. The molecule has 1 amide bonds. The molecule has 1 saturated heterocycles. The summed E-state index contributed by atoms with van der Waals surface area (Å²) in [6.45, 7) is 1.45. The number of carbonyl (C=O) groups is 2. The van der Waals surface area contributed by atoms with E-state index in [1.54, 1.807) is 0 Å². The van der Waals surface area contributed by atoms with Crippen LogP contribution in [0.25, 0.3) is 0 Å². The summed E-state index contributed by atoms with van der Waals surface area (Å²) in [4.78, 5) is 25.6. The van der Waals surface area contributed by atoms with Crippen LogP contribution in [0.1, 0.15) is 24.8 Å². The van der Waals surface area contributed by atoms with Crippen molar-refractivity contribution in [1.82, 2.24) is 9.80 Å². The van der Waals surface area contributed by atoms with Crippen molar-refractivity contribution in [2.45, 2.75) is 25.9 Å². The fraction of sp³-hybridized carbons (Fsp3) is 0.529. The number of halogens is 5. The van der Waals surface area contributed by atoms with Crippen molar-refractivity contribution in [1.29, 1.82) is 0 Å². The number of benzene rings is 1. The number of amides is 1. The third-order valence-corrected chi connectivity index (χ3v) is 4.32. The topological polar surface area (TPSA) is 49.9 Å². The second-order valence-electron chi connectivity index (χ2n) is 6.09. The van der Waals surface area contributed by atoms with Crippen LogP contribution < -0.4 is 0 Å². The van der Waals surface area contributed by atoms with Gasteiger partial charge in [0.1, 0.15) is 12.9 Å². The number of piperazine rings is 1. The first-order chi connectivity index (χ1) is 12.9. The molecule has 0 bridgehead atoms. The molecule has 0 saturated carbocycles. The molecular weight excluding hydrogens is 375 g/mol. The van der Waals surface area contributed by atoms with Gasteiger partial charge in [-0.25, -0.2) is 26.7 Å². The van der Waals surface area contributed by atoms with Crippen LogP contribution in [0.4, 0.5) is 26.7 Å². The molecule has 0 spiro atoms. The lowest BCUT2D eigenvalue weighted by Gasteiger charge is -2.34. The van der Waals surface area contributed by atoms with Crippen molar-refractivity contribution in [3.05, 3.63) is 34.6 Å². The number of hydrogen-bond acceptors (Lipinski definition) is 4. The maximum atomic E-state index is 13.6. The van der Waals surface area contributed by atoms with Gasteiger partial charge in [0.25, 0.3) is 0 Å². The molecule has 0 atom stereocenters. The normalized spacial score (nSPS) is 15.1. The maximum Gasteiger partial charge on any atom is 0.410 e. The van der Waals surface area contributed by atoms with Gasteiger partial charge in [-0.2, -0.15) is 0 Å². The van der Waals surface area contributed by atoms with Crippen molar-refractivity contribution >= 4 is 12.4 Å². The highest BCUT2D eigenvalue weighted by Gasteiger charge is 2.27. The van der Waals surface area contributed by atoms with E-state index in [0.717, 1.165) is 25.7 Å². The van der Waals surface area contributed by atoms with Crippen molar-refractivity contribution in [3.8, 4) is 0 Å². The second-order valence-corrected chi connectivity index (χ2v) is 6.09. The van der Waals surface area contributed by atoms with Gasteiger partial charge in [-0.1, -0.05) is 0 Å². The standard InChI is InChI=1S/C17H19F5N2O3/c18-12-11(13(19)15(21)16(22)14(12)20)10-27-17(26)24-7-5-23(6-8-24)4-2-1-3-9-25/h9H,1-8,10H2. The van der Waals surface area contributed by atoms with Gasteiger partial charge in [-0.15, -0.1) is 0 Å². The molecule has 10 heteroatoms. The van der Waals surface area contributed by atoms with Crippen LogP contribution >= 0.6 is 0 Å². The summed E-state index contributed by atoms with van der Waals surface area (Å²) in [7, 11) is 0. The first kappa shape index (κ1) is 21.1. The van der Waals surface area contributed by atoms with E-state index in [9.17, 15) is 31.5 Å². The van der Waals surface area contributed by atoms with E-state index in [-0.39, 0.29) is 0 Å². The fourth-order valence-corrected chi connectivity index (χ4v) is 2.72. The number of unbranched alkanes of at least 4 members (excludes halogenated alkanes) is 2. The lowest BCUT2D eigenvalue weighted by Crippen LogP contribution is -2.49. The van der Waals surface area contributed by atoms with Gasteiger partial charge in [-0.05, 0) is 19.4 Å². The summed E-state index contributed by atoms with van der Waals surface area (Å²) in [6, 6.07) is 0. The minimum absolute atomic E-state index is 0.309. The Bertz CT molecular complexity index is 665. The van der Waals surface area contributed by atoms with E-state index in [2.05, 4.69) is 4.90 Å². The zero-order valence-corrected chi connectivity index (χ0v) is 14.5. The third-order valence-electron chi connectivity index (χ3n) is 4.32. The molecule has 1 aliphatic heterocycles. The summed E-state index contributed by atoms with van der Waals surface area (Å²) in [5.41, 5.74) is -1.19. The predicted octanol–water partition coefficient (Wildman–Crippen LogP) is 3.01. The molecule has 1 aromatic rings. The van der Waals surface area contributed by atoms with Gasteiger partial charge in [0.05, 0.1) is 5.56 Å². The fourth-order valence-electron chi connectivity index (χ4n) is 2.72. The number of carbonyl (C=O) groups excluding carboxylic acids is 2. The molecule has 0 aliphatic carbocycles. The van der Waals surface area contributed by atoms with E-state index >= 15 is 0 Å².